The Morgan fingerprint density at radius 3 is 2.95 bits per heavy atom. The maximum atomic E-state index is 9.49. The molecular weight excluding hydrogens is 332 g/mol. The Morgan fingerprint density at radius 2 is 2.14 bits per heavy atom. The van der Waals surface area contributed by atoms with Gasteiger partial charge in [0.25, 0.3) is 0 Å². The number of hydrogen-bond donors (Lipinski definition) is 1. The van der Waals surface area contributed by atoms with Crippen LogP contribution in [0.15, 0.2) is 40.9 Å². The fourth-order valence-corrected chi connectivity index (χ4v) is 3.29. The van der Waals surface area contributed by atoms with Crippen molar-refractivity contribution in [3.63, 3.8) is 0 Å². The van der Waals surface area contributed by atoms with Crippen molar-refractivity contribution in [1.29, 1.82) is 0 Å². The van der Waals surface area contributed by atoms with E-state index in [0.717, 1.165) is 27.1 Å². The lowest BCUT2D eigenvalue weighted by Gasteiger charge is -2.16. The van der Waals surface area contributed by atoms with Crippen LogP contribution in [-0.2, 0) is 6.61 Å². The van der Waals surface area contributed by atoms with Crippen molar-refractivity contribution in [2.75, 3.05) is 13.2 Å². The number of ether oxygens (including phenoxy) is 2. The molecule has 4 heteroatoms. The minimum atomic E-state index is -0.0344. The first-order valence-corrected chi connectivity index (χ1v) is 7.72. The summed E-state index contributed by atoms with van der Waals surface area (Å²) in [6, 6.07) is 11.9. The molecule has 1 unspecified atom stereocenters. The van der Waals surface area contributed by atoms with E-state index >= 15 is 0 Å². The minimum Gasteiger partial charge on any atom is -0.493 e. The van der Waals surface area contributed by atoms with Gasteiger partial charge in [-0.2, -0.15) is 0 Å². The van der Waals surface area contributed by atoms with Gasteiger partial charge in [0, 0.05) is 15.6 Å². The lowest BCUT2D eigenvalue weighted by molar-refractivity contribution is 0.234. The molecule has 1 atom stereocenters. The van der Waals surface area contributed by atoms with Crippen LogP contribution in [0.2, 0.25) is 0 Å². The maximum Gasteiger partial charge on any atom is 0.127 e. The largest absolute Gasteiger partial charge is 0.493 e. The lowest BCUT2D eigenvalue weighted by atomic mass is 10.0. The topological polar surface area (TPSA) is 38.7 Å². The van der Waals surface area contributed by atoms with E-state index in [1.165, 1.54) is 5.56 Å². The number of para-hydroxylation sites is 1. The Hall–Kier alpha value is -1.52. The zero-order valence-electron chi connectivity index (χ0n) is 11.8. The number of hydrogen-bond acceptors (Lipinski definition) is 3. The summed E-state index contributed by atoms with van der Waals surface area (Å²) in [6.45, 7) is 3.14. The van der Waals surface area contributed by atoms with Gasteiger partial charge in [-0.05, 0) is 30.7 Å². The summed E-state index contributed by atoms with van der Waals surface area (Å²) in [5.41, 5.74) is 3.01. The maximum absolute atomic E-state index is 9.49. The van der Waals surface area contributed by atoms with Crippen molar-refractivity contribution >= 4 is 15.9 Å². The van der Waals surface area contributed by atoms with Crippen LogP contribution in [-0.4, -0.2) is 18.3 Å². The fourth-order valence-electron chi connectivity index (χ4n) is 2.67. The first kappa shape index (κ1) is 14.4. The van der Waals surface area contributed by atoms with Crippen LogP contribution in [0, 0.1) is 6.92 Å². The van der Waals surface area contributed by atoms with Crippen molar-refractivity contribution < 1.29 is 14.6 Å². The van der Waals surface area contributed by atoms with Crippen LogP contribution < -0.4 is 9.47 Å². The number of aryl methyl sites for hydroxylation is 1. The van der Waals surface area contributed by atoms with Gasteiger partial charge in [-0.3, -0.25) is 0 Å². The molecule has 0 spiro atoms. The van der Waals surface area contributed by atoms with Gasteiger partial charge in [0.05, 0.1) is 25.7 Å². The zero-order chi connectivity index (χ0) is 14.8. The van der Waals surface area contributed by atoms with Crippen LogP contribution in [0.5, 0.6) is 11.5 Å². The normalized spacial score (nSPS) is 16.4. The molecule has 2 aromatic rings. The second kappa shape index (κ2) is 6.08. The molecule has 1 aliphatic heterocycles. The predicted octanol–water partition coefficient (Wildman–Crippen LogP) is 3.80. The van der Waals surface area contributed by atoms with Gasteiger partial charge in [-0.15, -0.1) is 0 Å². The van der Waals surface area contributed by atoms with Crippen molar-refractivity contribution in [1.82, 2.24) is 0 Å². The quantitative estimate of drug-likeness (QED) is 0.913. The van der Waals surface area contributed by atoms with E-state index in [4.69, 9.17) is 9.47 Å². The van der Waals surface area contributed by atoms with Gasteiger partial charge < -0.3 is 14.6 Å². The van der Waals surface area contributed by atoms with Gasteiger partial charge in [-0.25, -0.2) is 0 Å². The zero-order valence-corrected chi connectivity index (χ0v) is 13.4. The Balaban J connectivity index is 1.78. The van der Waals surface area contributed by atoms with E-state index in [1.807, 2.05) is 37.3 Å². The molecule has 0 fully saturated rings. The molecule has 0 aromatic heterocycles. The summed E-state index contributed by atoms with van der Waals surface area (Å²) < 4.78 is 12.6. The van der Waals surface area contributed by atoms with Crippen molar-refractivity contribution in [2.45, 2.75) is 19.4 Å². The van der Waals surface area contributed by atoms with Gasteiger partial charge in [0.15, 0.2) is 0 Å². The number of aliphatic hydroxyl groups is 1. The molecule has 0 saturated heterocycles. The minimum absolute atomic E-state index is 0.0344. The molecule has 2 aromatic carbocycles. The molecule has 0 amide bonds. The van der Waals surface area contributed by atoms with Crippen LogP contribution in [0.25, 0.3) is 0 Å². The summed E-state index contributed by atoms with van der Waals surface area (Å²) in [6.07, 6.45) is 0. The van der Waals surface area contributed by atoms with Gasteiger partial charge in [0.2, 0.25) is 0 Å². The number of rotatable bonds is 4. The van der Waals surface area contributed by atoms with E-state index in [2.05, 4.69) is 22.0 Å². The lowest BCUT2D eigenvalue weighted by Crippen LogP contribution is -2.13. The van der Waals surface area contributed by atoms with Crippen molar-refractivity contribution in [3.8, 4) is 11.5 Å². The third-order valence-corrected chi connectivity index (χ3v) is 4.17. The van der Waals surface area contributed by atoms with Crippen LogP contribution in [0.3, 0.4) is 0 Å². The molecule has 0 bridgehead atoms. The fraction of sp³-hybridized carbons (Fsp3) is 0.294. The first-order chi connectivity index (χ1) is 10.2. The molecule has 21 heavy (non-hydrogen) atoms. The average molecular weight is 349 g/mol. The third kappa shape index (κ3) is 2.92. The molecule has 3 nitrogen and oxygen atoms in total. The first-order valence-electron chi connectivity index (χ1n) is 6.93. The SMILES string of the molecule is Cc1cc(Br)cc(CO)c1OCC1COc2ccccc21. The highest BCUT2D eigenvalue weighted by atomic mass is 79.9. The highest BCUT2D eigenvalue weighted by molar-refractivity contribution is 9.10. The van der Waals surface area contributed by atoms with Gasteiger partial charge in [0.1, 0.15) is 11.5 Å². The summed E-state index contributed by atoms with van der Waals surface area (Å²) in [5, 5.41) is 9.49. The van der Waals surface area contributed by atoms with Gasteiger partial charge >= 0.3 is 0 Å². The molecule has 0 aliphatic carbocycles. The molecule has 1 aliphatic rings. The third-order valence-electron chi connectivity index (χ3n) is 3.71. The molecule has 0 saturated carbocycles. The highest BCUT2D eigenvalue weighted by Gasteiger charge is 2.24. The summed E-state index contributed by atoms with van der Waals surface area (Å²) >= 11 is 3.44. The van der Waals surface area contributed by atoms with Crippen LogP contribution >= 0.6 is 15.9 Å². The molecule has 1 heterocycles. The standard InChI is InChI=1S/C17H17BrO3/c1-11-6-14(18)7-12(8-19)17(11)21-10-13-9-20-16-5-3-2-4-15(13)16/h2-7,13,19H,8-10H2,1H3. The van der Waals surface area contributed by atoms with Crippen LogP contribution in [0.1, 0.15) is 22.6 Å². The Morgan fingerprint density at radius 1 is 1.33 bits per heavy atom. The molecule has 3 rings (SSSR count). The van der Waals surface area contributed by atoms with Gasteiger partial charge in [-0.1, -0.05) is 34.1 Å². The van der Waals surface area contributed by atoms with E-state index in [9.17, 15) is 5.11 Å². The van der Waals surface area contributed by atoms with E-state index in [0.29, 0.717) is 13.2 Å². The predicted molar refractivity (Wildman–Crippen MR) is 85.0 cm³/mol. The summed E-state index contributed by atoms with van der Waals surface area (Å²) in [7, 11) is 0. The van der Waals surface area contributed by atoms with Crippen molar-refractivity contribution in [3.05, 3.63) is 57.6 Å². The average Bonchev–Trinajstić information content (AvgIpc) is 2.89. The Kier molecular flexibility index (Phi) is 4.17. The molecule has 0 radical (unpaired) electrons. The molecular formula is C17H17BrO3. The molecule has 110 valence electrons. The second-order valence-electron chi connectivity index (χ2n) is 5.23. The number of fused-ring (bicyclic) bond motifs is 1. The summed E-state index contributed by atoms with van der Waals surface area (Å²) in [4.78, 5) is 0. The number of aliphatic hydroxyl groups excluding tert-OH is 1. The number of benzene rings is 2. The monoisotopic (exact) mass is 348 g/mol. The Labute approximate surface area is 132 Å². The molecule has 1 N–H and O–H groups in total. The van der Waals surface area contributed by atoms with E-state index in [1.54, 1.807) is 0 Å². The van der Waals surface area contributed by atoms with Crippen LogP contribution in [0.4, 0.5) is 0 Å². The van der Waals surface area contributed by atoms with Crippen molar-refractivity contribution in [2.24, 2.45) is 0 Å². The van der Waals surface area contributed by atoms with E-state index in [-0.39, 0.29) is 12.5 Å². The second-order valence-corrected chi connectivity index (χ2v) is 6.14. The summed E-state index contributed by atoms with van der Waals surface area (Å²) in [5.74, 6) is 1.95. The number of halogens is 1. The Bertz CT molecular complexity index is 654. The van der Waals surface area contributed by atoms with E-state index < -0.39 is 0 Å². The highest BCUT2D eigenvalue weighted by Crippen LogP contribution is 2.35. The smallest absolute Gasteiger partial charge is 0.127 e.